The van der Waals surface area contributed by atoms with Crippen molar-refractivity contribution < 1.29 is 14.3 Å². The summed E-state index contributed by atoms with van der Waals surface area (Å²) in [6.45, 7) is 0. The second-order valence-corrected chi connectivity index (χ2v) is 3.78. The van der Waals surface area contributed by atoms with Gasteiger partial charge in [0.15, 0.2) is 0 Å². The molecular weight excluding hydrogens is 248 g/mol. The fourth-order valence-electron chi connectivity index (χ4n) is 1.58. The lowest BCUT2D eigenvalue weighted by Crippen LogP contribution is -1.94. The molecule has 94 valence electrons. The van der Waals surface area contributed by atoms with Crippen molar-refractivity contribution >= 4 is 5.97 Å². The second kappa shape index (κ2) is 4.37. The summed E-state index contributed by atoms with van der Waals surface area (Å²) in [5.74, 6) is -0.296. The van der Waals surface area contributed by atoms with Gasteiger partial charge in [-0.25, -0.2) is 4.79 Å². The van der Waals surface area contributed by atoms with Gasteiger partial charge in [-0.3, -0.25) is 5.10 Å². The zero-order valence-corrected chi connectivity index (χ0v) is 9.57. The van der Waals surface area contributed by atoms with Crippen molar-refractivity contribution in [1.29, 1.82) is 0 Å². The van der Waals surface area contributed by atoms with Crippen LogP contribution in [0.25, 0.3) is 22.9 Å². The molecule has 2 heterocycles. The minimum absolute atomic E-state index is 0.207. The first-order valence-corrected chi connectivity index (χ1v) is 5.40. The molecule has 3 aromatic rings. The van der Waals surface area contributed by atoms with Gasteiger partial charge in [-0.1, -0.05) is 0 Å². The molecule has 0 amide bonds. The van der Waals surface area contributed by atoms with Crippen LogP contribution in [0.3, 0.4) is 0 Å². The molecule has 0 radical (unpaired) electrons. The Kier molecular flexibility index (Phi) is 2.57. The Balaban J connectivity index is 1.92. The van der Waals surface area contributed by atoms with E-state index in [4.69, 9.17) is 9.52 Å². The van der Waals surface area contributed by atoms with Crippen molar-refractivity contribution in [2.45, 2.75) is 0 Å². The van der Waals surface area contributed by atoms with E-state index >= 15 is 0 Å². The molecule has 0 aliphatic rings. The number of benzene rings is 1. The first-order valence-electron chi connectivity index (χ1n) is 5.40. The van der Waals surface area contributed by atoms with E-state index in [1.54, 1.807) is 24.5 Å². The van der Waals surface area contributed by atoms with Crippen LogP contribution in [-0.2, 0) is 0 Å². The van der Waals surface area contributed by atoms with Crippen molar-refractivity contribution in [2.24, 2.45) is 0 Å². The average Bonchev–Trinajstić information content (AvgIpc) is 3.10. The van der Waals surface area contributed by atoms with E-state index in [9.17, 15) is 4.79 Å². The van der Waals surface area contributed by atoms with E-state index in [1.165, 1.54) is 12.1 Å². The summed E-state index contributed by atoms with van der Waals surface area (Å²) < 4.78 is 5.48. The first kappa shape index (κ1) is 11.1. The molecule has 0 fully saturated rings. The molecule has 2 aromatic heterocycles. The van der Waals surface area contributed by atoms with Gasteiger partial charge in [-0.2, -0.15) is 5.10 Å². The van der Waals surface area contributed by atoms with Crippen LogP contribution >= 0.6 is 0 Å². The van der Waals surface area contributed by atoms with E-state index in [1.807, 2.05) is 0 Å². The fraction of sp³-hybridized carbons (Fsp3) is 0. The van der Waals surface area contributed by atoms with Gasteiger partial charge in [0.1, 0.15) is 0 Å². The highest BCUT2D eigenvalue weighted by molar-refractivity contribution is 5.88. The molecule has 0 atom stereocenters. The summed E-state index contributed by atoms with van der Waals surface area (Å²) in [6.07, 6.45) is 3.22. The number of aromatic amines is 1. The van der Waals surface area contributed by atoms with Crippen molar-refractivity contribution in [2.75, 3.05) is 0 Å². The minimum Gasteiger partial charge on any atom is -0.478 e. The highest BCUT2D eigenvalue weighted by Gasteiger charge is 2.11. The van der Waals surface area contributed by atoms with Crippen LogP contribution in [-0.4, -0.2) is 31.5 Å². The summed E-state index contributed by atoms with van der Waals surface area (Å²) in [6, 6.07) is 6.21. The minimum atomic E-state index is -0.976. The summed E-state index contributed by atoms with van der Waals surface area (Å²) in [7, 11) is 0. The molecule has 0 unspecified atom stereocenters. The number of H-pyrrole nitrogens is 1. The molecule has 1 aromatic carbocycles. The molecule has 0 aliphatic heterocycles. The lowest BCUT2D eigenvalue weighted by atomic mass is 10.1. The first-order chi connectivity index (χ1) is 9.24. The van der Waals surface area contributed by atoms with Gasteiger partial charge in [0.2, 0.25) is 5.89 Å². The lowest BCUT2D eigenvalue weighted by Gasteiger charge is -1.96. The van der Waals surface area contributed by atoms with Crippen molar-refractivity contribution in [3.63, 3.8) is 0 Å². The zero-order valence-electron chi connectivity index (χ0n) is 9.57. The highest BCUT2D eigenvalue weighted by Crippen LogP contribution is 2.23. The second-order valence-electron chi connectivity index (χ2n) is 3.78. The summed E-state index contributed by atoms with van der Waals surface area (Å²) in [5.41, 5.74) is 1.56. The highest BCUT2D eigenvalue weighted by atomic mass is 16.4. The number of aromatic nitrogens is 4. The standard InChI is InChI=1S/C12H8N4O3/c17-12(18)8-3-1-7(2-4-8)10-15-16-11(19-10)9-5-13-14-6-9/h1-6H,(H,13,14)(H,17,18). The van der Waals surface area contributed by atoms with Crippen LogP contribution in [0.4, 0.5) is 0 Å². The number of hydrogen-bond acceptors (Lipinski definition) is 5. The monoisotopic (exact) mass is 256 g/mol. The van der Waals surface area contributed by atoms with Gasteiger partial charge in [0, 0.05) is 11.8 Å². The van der Waals surface area contributed by atoms with Crippen LogP contribution < -0.4 is 0 Å². The molecule has 19 heavy (non-hydrogen) atoms. The molecule has 7 nitrogen and oxygen atoms in total. The van der Waals surface area contributed by atoms with Gasteiger partial charge in [-0.15, -0.1) is 10.2 Å². The third kappa shape index (κ3) is 2.08. The predicted octanol–water partition coefficient (Wildman–Crippen LogP) is 1.82. The Morgan fingerprint density at radius 3 is 2.37 bits per heavy atom. The number of nitrogens with zero attached hydrogens (tertiary/aromatic N) is 3. The van der Waals surface area contributed by atoms with Gasteiger partial charge in [0.25, 0.3) is 5.89 Å². The van der Waals surface area contributed by atoms with E-state index in [0.29, 0.717) is 22.9 Å². The SMILES string of the molecule is O=C(O)c1ccc(-c2nnc(-c3cn[nH]c3)o2)cc1. The van der Waals surface area contributed by atoms with Crippen LogP contribution in [0.2, 0.25) is 0 Å². The molecule has 2 N–H and O–H groups in total. The van der Waals surface area contributed by atoms with Crippen LogP contribution in [0.15, 0.2) is 41.1 Å². The van der Waals surface area contributed by atoms with Crippen molar-refractivity contribution in [3.8, 4) is 22.9 Å². The molecule has 0 bridgehead atoms. The number of hydrogen-bond donors (Lipinski definition) is 2. The molecule has 0 saturated heterocycles. The Morgan fingerprint density at radius 2 is 1.79 bits per heavy atom. The van der Waals surface area contributed by atoms with Gasteiger partial charge in [-0.05, 0) is 24.3 Å². The molecule has 0 aliphatic carbocycles. The smallest absolute Gasteiger partial charge is 0.335 e. The average molecular weight is 256 g/mol. The van der Waals surface area contributed by atoms with Crippen LogP contribution in [0, 0.1) is 0 Å². The Hall–Kier alpha value is -2.96. The van der Waals surface area contributed by atoms with Crippen LogP contribution in [0.5, 0.6) is 0 Å². The third-order valence-corrected chi connectivity index (χ3v) is 2.55. The number of carbonyl (C=O) groups is 1. The summed E-state index contributed by atoms with van der Waals surface area (Å²) in [4.78, 5) is 10.7. The van der Waals surface area contributed by atoms with E-state index < -0.39 is 5.97 Å². The third-order valence-electron chi connectivity index (χ3n) is 2.55. The van der Waals surface area contributed by atoms with Gasteiger partial charge < -0.3 is 9.52 Å². The summed E-state index contributed by atoms with van der Waals surface area (Å²) >= 11 is 0. The Bertz CT molecular complexity index is 701. The lowest BCUT2D eigenvalue weighted by molar-refractivity contribution is 0.0697. The maximum atomic E-state index is 10.7. The quantitative estimate of drug-likeness (QED) is 0.740. The normalized spacial score (nSPS) is 10.5. The topological polar surface area (TPSA) is 105 Å². The van der Waals surface area contributed by atoms with Crippen molar-refractivity contribution in [1.82, 2.24) is 20.4 Å². The number of carboxylic acids is 1. The van der Waals surface area contributed by atoms with Crippen LogP contribution in [0.1, 0.15) is 10.4 Å². The molecular formula is C12H8N4O3. The maximum absolute atomic E-state index is 10.7. The maximum Gasteiger partial charge on any atom is 0.335 e. The van der Waals surface area contributed by atoms with Gasteiger partial charge in [0.05, 0.1) is 17.3 Å². The van der Waals surface area contributed by atoms with E-state index in [0.717, 1.165) is 0 Å². The van der Waals surface area contributed by atoms with Crippen molar-refractivity contribution in [3.05, 3.63) is 42.2 Å². The van der Waals surface area contributed by atoms with E-state index in [-0.39, 0.29) is 5.56 Å². The molecule has 7 heteroatoms. The molecule has 3 rings (SSSR count). The fourth-order valence-corrected chi connectivity index (χ4v) is 1.58. The molecule has 0 spiro atoms. The summed E-state index contributed by atoms with van der Waals surface area (Å²) in [5, 5.41) is 23.1. The Labute approximate surface area is 106 Å². The zero-order chi connectivity index (χ0) is 13.2. The molecule has 0 saturated carbocycles. The van der Waals surface area contributed by atoms with E-state index in [2.05, 4.69) is 20.4 Å². The number of rotatable bonds is 3. The Morgan fingerprint density at radius 1 is 1.11 bits per heavy atom. The predicted molar refractivity (Wildman–Crippen MR) is 64.3 cm³/mol. The van der Waals surface area contributed by atoms with Gasteiger partial charge >= 0.3 is 5.97 Å². The number of aromatic carboxylic acids is 1. The number of carboxylic acid groups (broad SMARTS) is 1. The largest absolute Gasteiger partial charge is 0.478 e. The number of nitrogens with one attached hydrogen (secondary N) is 1.